The summed E-state index contributed by atoms with van der Waals surface area (Å²) in [5.41, 5.74) is -4.52. The van der Waals surface area contributed by atoms with Crippen molar-refractivity contribution >= 4 is 17.6 Å². The molecule has 9 heteroatoms. The maximum atomic E-state index is 14.5. The molecule has 2 saturated carbocycles. The molecule has 3 aliphatic carbocycles. The van der Waals surface area contributed by atoms with Gasteiger partial charge in [0.1, 0.15) is 5.60 Å². The number of carbonyl (C=O) groups is 2. The van der Waals surface area contributed by atoms with Crippen LogP contribution in [0.25, 0.3) is 0 Å². The molecule has 9 atom stereocenters. The van der Waals surface area contributed by atoms with Crippen LogP contribution in [0.5, 0.6) is 0 Å². The standard InChI is InChI=1S/C28H37NO8/c1-14-17(30)12-28(35)15(2)22-26(5,18(31)11-19-27(22,34)13-36-19)23(32)21(20(14)25(28,3)4)37-24(33)29-16-9-7-6-8-10-16/h6-10,15,17-19,21-22,30-31,34-35H,11-13H2,1-5H3,(H,29,33)/t15?,17?,18?,19?,21?,22?,26-,27?,28?/m1/s1. The molecular weight excluding hydrogens is 478 g/mol. The van der Waals surface area contributed by atoms with Crippen molar-refractivity contribution in [2.45, 2.75) is 83.1 Å². The van der Waals surface area contributed by atoms with Crippen LogP contribution in [0.2, 0.25) is 0 Å². The molecule has 0 spiro atoms. The van der Waals surface area contributed by atoms with E-state index in [0.717, 1.165) is 0 Å². The van der Waals surface area contributed by atoms with Gasteiger partial charge in [-0.2, -0.15) is 0 Å². The Hall–Kier alpha value is -2.30. The normalized spacial score (nSPS) is 44.5. The molecule has 1 aromatic rings. The van der Waals surface area contributed by atoms with Gasteiger partial charge in [0.05, 0.1) is 35.9 Å². The molecule has 0 radical (unpaired) electrons. The minimum absolute atomic E-state index is 0.0299. The third kappa shape index (κ3) is 3.41. The monoisotopic (exact) mass is 515 g/mol. The maximum Gasteiger partial charge on any atom is 0.412 e. The van der Waals surface area contributed by atoms with Crippen LogP contribution in [0.3, 0.4) is 0 Å². The fourth-order valence-corrected chi connectivity index (χ4v) is 7.85. The first-order valence-corrected chi connectivity index (χ1v) is 12.9. The van der Waals surface area contributed by atoms with Crippen molar-refractivity contribution in [2.24, 2.45) is 22.7 Å². The number of benzene rings is 1. The largest absolute Gasteiger partial charge is 0.433 e. The van der Waals surface area contributed by atoms with Crippen LogP contribution in [0.1, 0.15) is 47.5 Å². The highest BCUT2D eigenvalue weighted by molar-refractivity contribution is 5.96. The topological polar surface area (TPSA) is 146 Å². The molecule has 3 fully saturated rings. The summed E-state index contributed by atoms with van der Waals surface area (Å²) in [5.74, 6) is -2.22. The lowest BCUT2D eigenvalue weighted by atomic mass is 9.43. The summed E-state index contributed by atoms with van der Waals surface area (Å²) in [6.07, 6.45) is -5.37. The van der Waals surface area contributed by atoms with E-state index in [1.807, 2.05) is 0 Å². The van der Waals surface area contributed by atoms with Crippen molar-refractivity contribution in [2.75, 3.05) is 11.9 Å². The molecular formula is C28H37NO8. The number of anilines is 1. The van der Waals surface area contributed by atoms with Crippen LogP contribution in [-0.4, -0.2) is 74.5 Å². The van der Waals surface area contributed by atoms with Gasteiger partial charge in [0, 0.05) is 29.9 Å². The lowest BCUT2D eigenvalue weighted by Gasteiger charge is -2.67. The van der Waals surface area contributed by atoms with E-state index in [0.29, 0.717) is 16.8 Å². The number of ketones is 1. The van der Waals surface area contributed by atoms with Crippen molar-refractivity contribution in [3.05, 3.63) is 41.5 Å². The Morgan fingerprint density at radius 2 is 1.78 bits per heavy atom. The first-order valence-electron chi connectivity index (χ1n) is 12.9. The number of nitrogens with one attached hydrogen (secondary N) is 1. The lowest BCUT2D eigenvalue weighted by Crippen LogP contribution is -2.79. The van der Waals surface area contributed by atoms with Gasteiger partial charge >= 0.3 is 6.09 Å². The Balaban J connectivity index is 1.68. The number of amides is 1. The first-order chi connectivity index (χ1) is 17.2. The SMILES string of the molecule is CC1=C2C(OC(=O)Nc3ccccc3)C(=O)[C@]3(C)C(O)CC4OCC4(O)C3C(C)C(O)(CC1O)C2(C)C. The van der Waals surface area contributed by atoms with E-state index in [2.05, 4.69) is 5.32 Å². The van der Waals surface area contributed by atoms with Gasteiger partial charge in [-0.05, 0) is 43.0 Å². The summed E-state index contributed by atoms with van der Waals surface area (Å²) < 4.78 is 11.4. The van der Waals surface area contributed by atoms with Gasteiger partial charge in [-0.15, -0.1) is 0 Å². The van der Waals surface area contributed by atoms with Gasteiger partial charge in [0.25, 0.3) is 0 Å². The summed E-state index contributed by atoms with van der Waals surface area (Å²) in [6, 6.07) is 8.63. The summed E-state index contributed by atoms with van der Waals surface area (Å²) >= 11 is 0. The minimum Gasteiger partial charge on any atom is -0.433 e. The molecule has 37 heavy (non-hydrogen) atoms. The Bertz CT molecular complexity index is 1150. The van der Waals surface area contributed by atoms with Crippen molar-refractivity contribution in [3.8, 4) is 0 Å². The van der Waals surface area contributed by atoms with Gasteiger partial charge in [-0.25, -0.2) is 4.79 Å². The molecule has 1 heterocycles. The number of fused-ring (bicyclic) bond motifs is 5. The van der Waals surface area contributed by atoms with Crippen LogP contribution in [0.4, 0.5) is 10.5 Å². The average molecular weight is 516 g/mol. The quantitative estimate of drug-likeness (QED) is 0.377. The molecule has 1 saturated heterocycles. The Kier molecular flexibility index (Phi) is 5.94. The second-order valence-electron chi connectivity index (χ2n) is 12.1. The molecule has 5 rings (SSSR count). The molecule has 5 N–H and O–H groups in total. The van der Waals surface area contributed by atoms with Crippen molar-refractivity contribution in [1.29, 1.82) is 0 Å². The van der Waals surface area contributed by atoms with E-state index in [1.54, 1.807) is 65.0 Å². The Labute approximate surface area is 216 Å². The van der Waals surface area contributed by atoms with Gasteiger partial charge in [-0.1, -0.05) is 39.0 Å². The second-order valence-corrected chi connectivity index (χ2v) is 12.1. The third-order valence-corrected chi connectivity index (χ3v) is 10.1. The van der Waals surface area contributed by atoms with Crippen LogP contribution in [-0.2, 0) is 14.3 Å². The number of para-hydroxylation sites is 1. The average Bonchev–Trinajstić information content (AvgIpc) is 2.83. The van der Waals surface area contributed by atoms with Crippen molar-refractivity contribution < 1.29 is 39.5 Å². The number of hydrogen-bond donors (Lipinski definition) is 5. The van der Waals surface area contributed by atoms with Crippen molar-refractivity contribution in [3.63, 3.8) is 0 Å². The summed E-state index contributed by atoms with van der Waals surface area (Å²) in [6.45, 7) is 8.53. The zero-order valence-corrected chi connectivity index (χ0v) is 21.9. The van der Waals surface area contributed by atoms with E-state index >= 15 is 0 Å². The highest BCUT2D eigenvalue weighted by Gasteiger charge is 2.74. The Morgan fingerprint density at radius 1 is 1.14 bits per heavy atom. The molecule has 1 aromatic carbocycles. The number of rotatable bonds is 2. The second kappa shape index (κ2) is 8.35. The third-order valence-electron chi connectivity index (χ3n) is 10.1. The van der Waals surface area contributed by atoms with Gasteiger partial charge < -0.3 is 29.9 Å². The zero-order valence-electron chi connectivity index (χ0n) is 21.9. The number of hydrogen-bond acceptors (Lipinski definition) is 8. The number of ether oxygens (including phenoxy) is 2. The van der Waals surface area contributed by atoms with Gasteiger partial charge in [0.15, 0.2) is 11.9 Å². The van der Waals surface area contributed by atoms with Crippen LogP contribution >= 0.6 is 0 Å². The highest BCUT2D eigenvalue weighted by Crippen LogP contribution is 2.64. The number of aliphatic hydroxyl groups excluding tert-OH is 2. The minimum atomic E-state index is -1.60. The predicted octanol–water partition coefficient (Wildman–Crippen LogP) is 2.18. The maximum absolute atomic E-state index is 14.5. The first kappa shape index (κ1) is 26.3. The van der Waals surface area contributed by atoms with E-state index in [-0.39, 0.29) is 19.4 Å². The zero-order chi connectivity index (χ0) is 27.1. The fraction of sp³-hybridized carbons (Fsp3) is 0.643. The summed E-state index contributed by atoms with van der Waals surface area (Å²) in [7, 11) is 0. The Morgan fingerprint density at radius 3 is 2.38 bits per heavy atom. The molecule has 202 valence electrons. The lowest BCUT2D eigenvalue weighted by molar-refractivity contribution is -0.335. The number of aliphatic hydroxyl groups is 4. The number of carbonyl (C=O) groups excluding carboxylic acids is 2. The van der Waals surface area contributed by atoms with Gasteiger partial charge in [0.2, 0.25) is 0 Å². The predicted molar refractivity (Wildman–Crippen MR) is 133 cm³/mol. The van der Waals surface area contributed by atoms with Crippen LogP contribution < -0.4 is 5.32 Å². The van der Waals surface area contributed by atoms with Crippen LogP contribution in [0, 0.1) is 22.7 Å². The van der Waals surface area contributed by atoms with E-state index in [1.165, 1.54) is 0 Å². The highest BCUT2D eigenvalue weighted by atomic mass is 16.6. The molecule has 1 amide bonds. The smallest absolute Gasteiger partial charge is 0.412 e. The van der Waals surface area contributed by atoms with E-state index in [4.69, 9.17) is 9.47 Å². The molecule has 4 aliphatic rings. The molecule has 9 nitrogen and oxygen atoms in total. The van der Waals surface area contributed by atoms with E-state index in [9.17, 15) is 30.0 Å². The van der Waals surface area contributed by atoms with E-state index < -0.39 is 70.2 Å². The number of Topliss-reactive ketones (excluding diaryl/α,β-unsaturated/α-hetero) is 1. The fourth-order valence-electron chi connectivity index (χ4n) is 7.85. The molecule has 1 aliphatic heterocycles. The molecule has 0 aromatic heterocycles. The molecule has 8 unspecified atom stereocenters. The molecule has 2 bridgehead atoms. The van der Waals surface area contributed by atoms with Gasteiger partial charge in [-0.3, -0.25) is 10.1 Å². The summed E-state index contributed by atoms with van der Waals surface area (Å²) in [5, 5.41) is 49.2. The van der Waals surface area contributed by atoms with Crippen LogP contribution in [0.15, 0.2) is 41.5 Å². The summed E-state index contributed by atoms with van der Waals surface area (Å²) in [4.78, 5) is 27.6. The van der Waals surface area contributed by atoms with Crippen molar-refractivity contribution in [1.82, 2.24) is 0 Å².